The molecule has 108 valence electrons. The Morgan fingerprint density at radius 2 is 2.05 bits per heavy atom. The van der Waals surface area contributed by atoms with Gasteiger partial charge in [0.05, 0.1) is 17.6 Å². The summed E-state index contributed by atoms with van der Waals surface area (Å²) < 4.78 is 5.67. The number of ether oxygens (including phenoxy) is 1. The molecule has 2 rings (SSSR count). The van der Waals surface area contributed by atoms with Crippen LogP contribution in [0, 0.1) is 10.1 Å². The summed E-state index contributed by atoms with van der Waals surface area (Å²) in [7, 11) is 1.16. The molecule has 0 atom stereocenters. The van der Waals surface area contributed by atoms with Crippen molar-refractivity contribution in [1.29, 1.82) is 0 Å². The minimum atomic E-state index is -1.22. The van der Waals surface area contributed by atoms with Gasteiger partial charge in [-0.25, -0.2) is 9.59 Å². The molecule has 0 bridgehead atoms. The van der Waals surface area contributed by atoms with E-state index in [0.29, 0.717) is 0 Å². The third kappa shape index (κ3) is 2.59. The first-order chi connectivity index (χ1) is 9.95. The number of methoxy groups -OCH3 is 1. The molecular formula is C13H10N2O6. The van der Waals surface area contributed by atoms with Crippen molar-refractivity contribution in [3.63, 3.8) is 0 Å². The van der Waals surface area contributed by atoms with Crippen LogP contribution in [0.1, 0.15) is 20.8 Å². The number of carboxylic acid groups (broad SMARTS) is 1. The third-order valence-electron chi connectivity index (χ3n) is 2.82. The molecule has 2 aromatic rings. The van der Waals surface area contributed by atoms with Crippen LogP contribution < -0.4 is 0 Å². The number of hydrogen-bond acceptors (Lipinski definition) is 5. The van der Waals surface area contributed by atoms with Gasteiger partial charge in [-0.15, -0.1) is 0 Å². The zero-order chi connectivity index (χ0) is 15.6. The summed E-state index contributed by atoms with van der Waals surface area (Å²) in [5, 5.41) is 20.2. The van der Waals surface area contributed by atoms with Crippen molar-refractivity contribution in [3.8, 4) is 5.69 Å². The Bertz CT molecular complexity index is 734. The van der Waals surface area contributed by atoms with E-state index >= 15 is 0 Å². The summed E-state index contributed by atoms with van der Waals surface area (Å²) in [5.74, 6) is -1.93. The Balaban J connectivity index is 2.64. The number of carbonyl (C=O) groups excluding carboxylic acids is 1. The van der Waals surface area contributed by atoms with E-state index in [1.165, 1.54) is 35.0 Å². The quantitative estimate of drug-likeness (QED) is 0.522. The summed E-state index contributed by atoms with van der Waals surface area (Å²) in [6, 6.07) is 6.46. The summed E-state index contributed by atoms with van der Waals surface area (Å²) in [5.41, 5.74) is -0.451. The van der Waals surface area contributed by atoms with Gasteiger partial charge in [-0.05, 0) is 24.3 Å². The highest BCUT2D eigenvalue weighted by Gasteiger charge is 2.21. The standard InChI is InChI=1S/C13H10N2O6/c1-21-13(18)8-4-5-9(11(7-8)15(19)20)14-6-2-3-10(14)12(16)17/h2-7H,1H3,(H,16,17). The van der Waals surface area contributed by atoms with Gasteiger partial charge in [0, 0.05) is 12.3 Å². The molecule has 8 heteroatoms. The van der Waals surface area contributed by atoms with Gasteiger partial charge in [-0.2, -0.15) is 0 Å². The van der Waals surface area contributed by atoms with Gasteiger partial charge in [-0.1, -0.05) is 0 Å². The molecule has 0 radical (unpaired) electrons. The molecule has 0 saturated heterocycles. The molecular weight excluding hydrogens is 280 g/mol. The van der Waals surface area contributed by atoms with E-state index in [4.69, 9.17) is 5.11 Å². The molecule has 0 saturated carbocycles. The summed E-state index contributed by atoms with van der Waals surface area (Å²) in [6.45, 7) is 0. The van der Waals surface area contributed by atoms with Crippen LogP contribution in [0.4, 0.5) is 5.69 Å². The lowest BCUT2D eigenvalue weighted by molar-refractivity contribution is -0.384. The van der Waals surface area contributed by atoms with E-state index in [0.717, 1.165) is 13.2 Å². The number of nitro benzene ring substituents is 1. The van der Waals surface area contributed by atoms with Gasteiger partial charge in [0.15, 0.2) is 0 Å². The molecule has 0 amide bonds. The van der Waals surface area contributed by atoms with E-state index in [9.17, 15) is 19.7 Å². The molecule has 1 aromatic carbocycles. The summed E-state index contributed by atoms with van der Waals surface area (Å²) >= 11 is 0. The Labute approximate surface area is 118 Å². The van der Waals surface area contributed by atoms with Crippen LogP contribution in [0.2, 0.25) is 0 Å². The molecule has 8 nitrogen and oxygen atoms in total. The summed E-state index contributed by atoms with van der Waals surface area (Å²) in [4.78, 5) is 33.0. The fraction of sp³-hybridized carbons (Fsp3) is 0.0769. The zero-order valence-electron chi connectivity index (χ0n) is 10.8. The maximum absolute atomic E-state index is 11.4. The number of nitrogens with zero attached hydrogens (tertiary/aromatic N) is 2. The van der Waals surface area contributed by atoms with E-state index < -0.39 is 22.5 Å². The normalized spacial score (nSPS) is 10.1. The van der Waals surface area contributed by atoms with Gasteiger partial charge >= 0.3 is 11.9 Å². The zero-order valence-corrected chi connectivity index (χ0v) is 10.8. The molecule has 1 aromatic heterocycles. The predicted octanol–water partition coefficient (Wildman–Crippen LogP) is 1.87. The largest absolute Gasteiger partial charge is 0.477 e. The van der Waals surface area contributed by atoms with Gasteiger partial charge in [0.2, 0.25) is 0 Å². The number of nitro groups is 1. The van der Waals surface area contributed by atoms with Crippen molar-refractivity contribution in [3.05, 3.63) is 57.9 Å². The molecule has 1 N–H and O–H groups in total. The highest BCUT2D eigenvalue weighted by Crippen LogP contribution is 2.26. The molecule has 0 aliphatic heterocycles. The first-order valence-electron chi connectivity index (χ1n) is 5.73. The molecule has 0 aliphatic carbocycles. The van der Waals surface area contributed by atoms with Crippen molar-refractivity contribution in [2.24, 2.45) is 0 Å². The minimum absolute atomic E-state index is 0.0111. The van der Waals surface area contributed by atoms with E-state index in [-0.39, 0.29) is 16.9 Å². The smallest absolute Gasteiger partial charge is 0.352 e. The Morgan fingerprint density at radius 3 is 2.62 bits per heavy atom. The average Bonchev–Trinajstić information content (AvgIpc) is 2.95. The second-order valence-corrected chi connectivity index (χ2v) is 4.02. The van der Waals surface area contributed by atoms with Crippen molar-refractivity contribution in [2.75, 3.05) is 7.11 Å². The van der Waals surface area contributed by atoms with Crippen LogP contribution in [0.3, 0.4) is 0 Å². The van der Waals surface area contributed by atoms with Gasteiger partial charge in [0.1, 0.15) is 11.4 Å². The molecule has 0 fully saturated rings. The van der Waals surface area contributed by atoms with Crippen LogP contribution in [-0.2, 0) is 4.74 Å². The molecule has 0 spiro atoms. The number of hydrogen-bond donors (Lipinski definition) is 1. The SMILES string of the molecule is COC(=O)c1ccc(-n2cccc2C(=O)O)c([N+](=O)[O-])c1. The molecule has 1 heterocycles. The third-order valence-corrected chi connectivity index (χ3v) is 2.82. The van der Waals surface area contributed by atoms with Crippen LogP contribution in [0.15, 0.2) is 36.5 Å². The van der Waals surface area contributed by atoms with Gasteiger partial charge < -0.3 is 14.4 Å². The first kappa shape index (κ1) is 14.3. The maximum atomic E-state index is 11.4. The highest BCUT2D eigenvalue weighted by atomic mass is 16.6. The van der Waals surface area contributed by atoms with E-state index in [1.807, 2.05) is 0 Å². The average molecular weight is 290 g/mol. The molecule has 0 aliphatic rings. The van der Waals surface area contributed by atoms with Crippen LogP contribution in [-0.4, -0.2) is 33.6 Å². The maximum Gasteiger partial charge on any atom is 0.352 e. The Hall–Kier alpha value is -3.16. The van der Waals surface area contributed by atoms with Crippen LogP contribution in [0.5, 0.6) is 0 Å². The lowest BCUT2D eigenvalue weighted by atomic mass is 10.1. The number of benzene rings is 1. The first-order valence-corrected chi connectivity index (χ1v) is 5.73. The van der Waals surface area contributed by atoms with Crippen LogP contribution >= 0.6 is 0 Å². The number of aromatic nitrogens is 1. The van der Waals surface area contributed by atoms with Crippen molar-refractivity contribution in [2.45, 2.75) is 0 Å². The van der Waals surface area contributed by atoms with Crippen molar-refractivity contribution < 1.29 is 24.4 Å². The lowest BCUT2D eigenvalue weighted by Gasteiger charge is -2.08. The number of rotatable bonds is 4. The van der Waals surface area contributed by atoms with Gasteiger partial charge in [0.25, 0.3) is 5.69 Å². The number of esters is 1. The molecule has 21 heavy (non-hydrogen) atoms. The van der Waals surface area contributed by atoms with Crippen molar-refractivity contribution in [1.82, 2.24) is 4.57 Å². The monoisotopic (exact) mass is 290 g/mol. The Morgan fingerprint density at radius 1 is 1.33 bits per heavy atom. The Kier molecular flexibility index (Phi) is 3.70. The van der Waals surface area contributed by atoms with Crippen LogP contribution in [0.25, 0.3) is 5.69 Å². The van der Waals surface area contributed by atoms with E-state index in [1.54, 1.807) is 0 Å². The van der Waals surface area contributed by atoms with Crippen molar-refractivity contribution >= 4 is 17.6 Å². The second kappa shape index (κ2) is 5.45. The fourth-order valence-corrected chi connectivity index (χ4v) is 1.88. The second-order valence-electron chi connectivity index (χ2n) is 4.02. The predicted molar refractivity (Wildman–Crippen MR) is 70.7 cm³/mol. The lowest BCUT2D eigenvalue weighted by Crippen LogP contribution is -2.09. The molecule has 0 unspecified atom stereocenters. The van der Waals surface area contributed by atoms with E-state index in [2.05, 4.69) is 4.74 Å². The summed E-state index contributed by atoms with van der Waals surface area (Å²) in [6.07, 6.45) is 1.39. The topological polar surface area (TPSA) is 112 Å². The number of carbonyl (C=O) groups is 2. The highest BCUT2D eigenvalue weighted by molar-refractivity contribution is 5.91. The van der Waals surface area contributed by atoms with Gasteiger partial charge in [-0.3, -0.25) is 10.1 Å². The number of aromatic carboxylic acids is 1. The minimum Gasteiger partial charge on any atom is -0.477 e. The number of carboxylic acids is 1. The fourth-order valence-electron chi connectivity index (χ4n) is 1.88.